The van der Waals surface area contributed by atoms with Crippen molar-refractivity contribution < 1.29 is 14.3 Å². The zero-order valence-electron chi connectivity index (χ0n) is 19.3. The van der Waals surface area contributed by atoms with Crippen LogP contribution >= 0.6 is 0 Å². The highest BCUT2D eigenvalue weighted by Crippen LogP contribution is 2.41. The molecule has 2 heterocycles. The third-order valence-electron chi connectivity index (χ3n) is 6.95. The molecule has 1 aromatic heterocycles. The summed E-state index contributed by atoms with van der Waals surface area (Å²) in [5.41, 5.74) is 2.24. The molecule has 1 saturated heterocycles. The Morgan fingerprint density at radius 3 is 2.62 bits per heavy atom. The van der Waals surface area contributed by atoms with Gasteiger partial charge in [0.05, 0.1) is 6.20 Å². The van der Waals surface area contributed by atoms with Gasteiger partial charge in [-0.05, 0) is 80.1 Å². The van der Waals surface area contributed by atoms with Gasteiger partial charge in [-0.25, -0.2) is 0 Å². The number of pyridine rings is 1. The number of carbonyl (C=O) groups excluding carboxylic acids is 2. The van der Waals surface area contributed by atoms with Crippen LogP contribution in [0.3, 0.4) is 0 Å². The van der Waals surface area contributed by atoms with Crippen LogP contribution in [0.1, 0.15) is 48.0 Å². The molecule has 1 saturated carbocycles. The van der Waals surface area contributed by atoms with Crippen LogP contribution in [0, 0.1) is 12.8 Å². The molecule has 0 radical (unpaired) electrons. The smallest absolute Gasteiger partial charge is 0.254 e. The molecule has 1 aliphatic carbocycles. The maximum absolute atomic E-state index is 13.5. The molecule has 1 aliphatic heterocycles. The summed E-state index contributed by atoms with van der Waals surface area (Å²) in [5.74, 6) is 1.57. The minimum Gasteiger partial charge on any atom is -0.455 e. The Hall–Kier alpha value is -3.67. The van der Waals surface area contributed by atoms with E-state index in [1.54, 1.807) is 12.4 Å². The van der Waals surface area contributed by atoms with Crippen molar-refractivity contribution in [3.8, 4) is 11.5 Å². The first kappa shape index (κ1) is 22.1. The summed E-state index contributed by atoms with van der Waals surface area (Å²) in [7, 11) is 0. The summed E-state index contributed by atoms with van der Waals surface area (Å²) in [6.07, 6.45) is 8.39. The van der Waals surface area contributed by atoms with Crippen LogP contribution in [0.25, 0.3) is 0 Å². The lowest BCUT2D eigenvalue weighted by Crippen LogP contribution is -2.47. The summed E-state index contributed by atoms with van der Waals surface area (Å²) < 4.78 is 5.90. The molecule has 0 bridgehead atoms. The summed E-state index contributed by atoms with van der Waals surface area (Å²) in [5, 5.41) is 3.06. The number of hydrogen-bond acceptors (Lipinski definition) is 4. The second-order valence-corrected chi connectivity index (χ2v) is 9.20. The highest BCUT2D eigenvalue weighted by molar-refractivity contribution is 6.02. The average molecular weight is 456 g/mol. The number of likely N-dealkylation sites (tertiary alicyclic amines) is 1. The molecule has 2 amide bonds. The van der Waals surface area contributed by atoms with Crippen LogP contribution in [-0.2, 0) is 4.79 Å². The summed E-state index contributed by atoms with van der Waals surface area (Å²) >= 11 is 0. The molecule has 5 rings (SSSR count). The molecular formula is C28H29N3O3. The molecule has 6 heteroatoms. The average Bonchev–Trinajstić information content (AvgIpc) is 3.26. The number of benzene rings is 2. The lowest BCUT2D eigenvalue weighted by Gasteiger charge is -2.33. The van der Waals surface area contributed by atoms with E-state index in [2.05, 4.69) is 10.3 Å². The second-order valence-electron chi connectivity index (χ2n) is 9.20. The van der Waals surface area contributed by atoms with Crippen molar-refractivity contribution in [2.24, 2.45) is 5.92 Å². The second kappa shape index (κ2) is 9.67. The van der Waals surface area contributed by atoms with Gasteiger partial charge in [0, 0.05) is 23.5 Å². The lowest BCUT2D eigenvalue weighted by molar-refractivity contribution is -0.120. The molecule has 3 aromatic rings. The summed E-state index contributed by atoms with van der Waals surface area (Å²) in [4.78, 5) is 32.8. The van der Waals surface area contributed by atoms with Crippen molar-refractivity contribution in [2.45, 2.75) is 51.1 Å². The topological polar surface area (TPSA) is 71.5 Å². The predicted molar refractivity (Wildman–Crippen MR) is 131 cm³/mol. The molecule has 2 aromatic carbocycles. The van der Waals surface area contributed by atoms with Crippen LogP contribution in [0.5, 0.6) is 11.5 Å². The fourth-order valence-corrected chi connectivity index (χ4v) is 5.32. The Bertz CT molecular complexity index is 1170. The predicted octanol–water partition coefficient (Wildman–Crippen LogP) is 5.59. The van der Waals surface area contributed by atoms with Gasteiger partial charge in [-0.3, -0.25) is 14.6 Å². The number of hydrogen-bond donors (Lipinski definition) is 1. The fourth-order valence-electron chi connectivity index (χ4n) is 5.32. The SMILES string of the molecule is Cc1cc(NC(=O)C2CC3CCCCC3N2C(=O)c2ccccc2)ccc1Oc1cccnc1. The number of amides is 2. The van der Waals surface area contributed by atoms with Gasteiger partial charge in [0.2, 0.25) is 5.91 Å². The molecule has 6 nitrogen and oxygen atoms in total. The number of nitrogens with one attached hydrogen (secondary N) is 1. The number of rotatable bonds is 5. The van der Waals surface area contributed by atoms with Crippen molar-refractivity contribution in [3.63, 3.8) is 0 Å². The largest absolute Gasteiger partial charge is 0.455 e. The van der Waals surface area contributed by atoms with E-state index in [0.29, 0.717) is 28.7 Å². The number of fused-ring (bicyclic) bond motifs is 1. The maximum Gasteiger partial charge on any atom is 0.254 e. The first-order chi connectivity index (χ1) is 16.6. The van der Waals surface area contributed by atoms with Gasteiger partial charge in [-0.1, -0.05) is 31.0 Å². The van der Waals surface area contributed by atoms with Crippen LogP contribution in [0.4, 0.5) is 5.69 Å². The number of carbonyl (C=O) groups is 2. The number of ether oxygens (including phenoxy) is 1. The van der Waals surface area contributed by atoms with Gasteiger partial charge in [0.1, 0.15) is 17.5 Å². The Morgan fingerprint density at radius 1 is 1.03 bits per heavy atom. The molecule has 2 fully saturated rings. The lowest BCUT2D eigenvalue weighted by atomic mass is 9.84. The van der Waals surface area contributed by atoms with Crippen molar-refractivity contribution in [2.75, 3.05) is 5.32 Å². The fraction of sp³-hybridized carbons (Fsp3) is 0.321. The van der Waals surface area contributed by atoms with E-state index in [1.807, 2.05) is 72.5 Å². The van der Waals surface area contributed by atoms with Gasteiger partial charge in [-0.15, -0.1) is 0 Å². The highest BCUT2D eigenvalue weighted by atomic mass is 16.5. The van der Waals surface area contributed by atoms with Crippen LogP contribution in [0.2, 0.25) is 0 Å². The molecule has 34 heavy (non-hydrogen) atoms. The number of nitrogens with zero attached hydrogens (tertiary/aromatic N) is 2. The number of anilines is 1. The molecule has 1 N–H and O–H groups in total. The van der Waals surface area contributed by atoms with Gasteiger partial charge in [-0.2, -0.15) is 0 Å². The third-order valence-corrected chi connectivity index (χ3v) is 6.95. The van der Waals surface area contributed by atoms with Crippen molar-refractivity contribution in [3.05, 3.63) is 84.2 Å². The van der Waals surface area contributed by atoms with E-state index in [0.717, 1.165) is 31.2 Å². The van der Waals surface area contributed by atoms with Crippen LogP contribution in [0.15, 0.2) is 73.1 Å². The van der Waals surface area contributed by atoms with Crippen LogP contribution < -0.4 is 10.1 Å². The molecule has 0 spiro atoms. The third kappa shape index (κ3) is 4.53. The Morgan fingerprint density at radius 2 is 1.85 bits per heavy atom. The monoisotopic (exact) mass is 455 g/mol. The molecule has 3 unspecified atom stereocenters. The quantitative estimate of drug-likeness (QED) is 0.544. The zero-order chi connectivity index (χ0) is 23.5. The number of aromatic nitrogens is 1. The highest BCUT2D eigenvalue weighted by Gasteiger charge is 2.47. The summed E-state index contributed by atoms with van der Waals surface area (Å²) in [6, 6.07) is 18.2. The van der Waals surface area contributed by atoms with Crippen molar-refractivity contribution in [1.82, 2.24) is 9.88 Å². The van der Waals surface area contributed by atoms with Crippen LogP contribution in [-0.4, -0.2) is 33.8 Å². The van der Waals surface area contributed by atoms with E-state index >= 15 is 0 Å². The van der Waals surface area contributed by atoms with Crippen molar-refractivity contribution >= 4 is 17.5 Å². The molecule has 174 valence electrons. The Balaban J connectivity index is 1.34. The van der Waals surface area contributed by atoms with E-state index < -0.39 is 6.04 Å². The Kier molecular flexibility index (Phi) is 6.30. The standard InChI is InChI=1S/C28H29N3O3/c1-19-16-22(13-14-26(19)34-23-11-7-15-29-18-23)30-27(32)25-17-21-10-5-6-12-24(21)31(25)28(33)20-8-3-2-4-9-20/h2-4,7-9,11,13-16,18,21,24-25H,5-6,10,12,17H2,1H3,(H,30,32). The first-order valence-electron chi connectivity index (χ1n) is 12.0. The molecular weight excluding hydrogens is 426 g/mol. The van der Waals surface area contributed by atoms with Gasteiger partial charge in [0.25, 0.3) is 5.91 Å². The minimum atomic E-state index is -0.465. The molecule has 3 atom stereocenters. The van der Waals surface area contributed by atoms with E-state index in [9.17, 15) is 9.59 Å². The van der Waals surface area contributed by atoms with E-state index in [1.165, 1.54) is 6.42 Å². The summed E-state index contributed by atoms with van der Waals surface area (Å²) in [6.45, 7) is 1.94. The number of aryl methyl sites for hydroxylation is 1. The molecule has 2 aliphatic rings. The van der Waals surface area contributed by atoms with Gasteiger partial charge >= 0.3 is 0 Å². The normalized spacial score (nSPS) is 21.6. The maximum atomic E-state index is 13.5. The van der Waals surface area contributed by atoms with Gasteiger partial charge < -0.3 is 15.0 Å². The van der Waals surface area contributed by atoms with Gasteiger partial charge in [0.15, 0.2) is 0 Å². The first-order valence-corrected chi connectivity index (χ1v) is 12.0. The van der Waals surface area contributed by atoms with E-state index in [-0.39, 0.29) is 17.9 Å². The van der Waals surface area contributed by atoms with Crippen molar-refractivity contribution in [1.29, 1.82) is 0 Å². The Labute approximate surface area is 200 Å². The minimum absolute atomic E-state index is 0.0495. The zero-order valence-corrected chi connectivity index (χ0v) is 19.3. The van der Waals surface area contributed by atoms with E-state index in [4.69, 9.17) is 4.74 Å².